The highest BCUT2D eigenvalue weighted by Crippen LogP contribution is 2.35. The minimum Gasteiger partial charge on any atom is -0.388 e. The summed E-state index contributed by atoms with van der Waals surface area (Å²) >= 11 is 3.71. The van der Waals surface area contributed by atoms with Crippen molar-refractivity contribution < 1.29 is 0 Å². The van der Waals surface area contributed by atoms with Crippen LogP contribution in [0.5, 0.6) is 0 Å². The van der Waals surface area contributed by atoms with Crippen molar-refractivity contribution in [3.63, 3.8) is 0 Å². The van der Waals surface area contributed by atoms with E-state index in [0.717, 1.165) is 24.2 Å². The highest BCUT2D eigenvalue weighted by molar-refractivity contribution is 7.19. The average molecular weight is 408 g/mol. The number of aryl methyl sites for hydroxylation is 1. The van der Waals surface area contributed by atoms with Crippen LogP contribution in [-0.4, -0.2) is 31.0 Å². The molecule has 4 rings (SSSR count). The zero-order valence-electron chi connectivity index (χ0n) is 16.8. The number of nitrogens with zero attached hydrogens (tertiary/aromatic N) is 2. The number of hydrogen-bond acceptors (Lipinski definition) is 5. The van der Waals surface area contributed by atoms with Crippen molar-refractivity contribution in [1.29, 1.82) is 0 Å². The second-order valence-corrected chi connectivity index (χ2v) is 9.80. The standard InChI is InChI=1S/C23H25N3S2/c1-14(24-3)22-15(2)27-21-11-16(6-7-19(21)22)10-17-8-9-25-20-12-18(13-26(4)5)28-23(17)20/h6-9,11-12,24H,1,10,13H2,2-5H3. The molecule has 0 aliphatic heterocycles. The van der Waals surface area contributed by atoms with Crippen molar-refractivity contribution in [3.8, 4) is 0 Å². The third-order valence-electron chi connectivity index (χ3n) is 4.95. The van der Waals surface area contributed by atoms with Gasteiger partial charge in [0.1, 0.15) is 0 Å². The first-order chi connectivity index (χ1) is 13.5. The van der Waals surface area contributed by atoms with Crippen LogP contribution in [0.15, 0.2) is 43.1 Å². The molecule has 3 nitrogen and oxygen atoms in total. The van der Waals surface area contributed by atoms with E-state index in [4.69, 9.17) is 0 Å². The number of pyridine rings is 1. The maximum absolute atomic E-state index is 4.58. The van der Waals surface area contributed by atoms with Gasteiger partial charge in [0.25, 0.3) is 0 Å². The van der Waals surface area contributed by atoms with Crippen LogP contribution in [0.1, 0.15) is 26.4 Å². The first kappa shape index (κ1) is 19.1. The molecule has 0 saturated heterocycles. The molecule has 3 aromatic heterocycles. The van der Waals surface area contributed by atoms with E-state index in [0.29, 0.717) is 0 Å². The van der Waals surface area contributed by atoms with Gasteiger partial charge in [-0.05, 0) is 56.8 Å². The molecule has 0 amide bonds. The molecule has 4 aromatic rings. The molecule has 3 heterocycles. The Labute approximate surface area is 174 Å². The average Bonchev–Trinajstić information content (AvgIpc) is 3.20. The minimum atomic E-state index is 0.927. The highest BCUT2D eigenvalue weighted by atomic mass is 32.1. The predicted molar refractivity (Wildman–Crippen MR) is 124 cm³/mol. The molecule has 1 N–H and O–H groups in total. The smallest absolute Gasteiger partial charge is 0.0815 e. The third-order valence-corrected chi connectivity index (χ3v) is 7.20. The van der Waals surface area contributed by atoms with Gasteiger partial charge in [0, 0.05) is 50.9 Å². The molecule has 0 unspecified atom stereocenters. The van der Waals surface area contributed by atoms with Gasteiger partial charge in [-0.15, -0.1) is 22.7 Å². The summed E-state index contributed by atoms with van der Waals surface area (Å²) in [5, 5.41) is 4.48. The van der Waals surface area contributed by atoms with E-state index in [9.17, 15) is 0 Å². The van der Waals surface area contributed by atoms with Gasteiger partial charge in [-0.2, -0.15) is 0 Å². The lowest BCUT2D eigenvalue weighted by atomic mass is 10.0. The molecule has 0 saturated carbocycles. The van der Waals surface area contributed by atoms with Crippen LogP contribution in [0.25, 0.3) is 26.0 Å². The zero-order chi connectivity index (χ0) is 19.8. The van der Waals surface area contributed by atoms with Crippen LogP contribution in [0.2, 0.25) is 0 Å². The van der Waals surface area contributed by atoms with Gasteiger partial charge < -0.3 is 10.2 Å². The van der Waals surface area contributed by atoms with Crippen LogP contribution in [0.4, 0.5) is 0 Å². The lowest BCUT2D eigenvalue weighted by Crippen LogP contribution is -2.09. The van der Waals surface area contributed by atoms with E-state index < -0.39 is 0 Å². The van der Waals surface area contributed by atoms with Crippen molar-refractivity contribution in [2.45, 2.75) is 19.9 Å². The quantitative estimate of drug-likeness (QED) is 0.447. The number of rotatable bonds is 6. The topological polar surface area (TPSA) is 28.2 Å². The van der Waals surface area contributed by atoms with Crippen LogP contribution in [0.3, 0.4) is 0 Å². The summed E-state index contributed by atoms with van der Waals surface area (Å²) in [6, 6.07) is 11.2. The fraction of sp³-hybridized carbons (Fsp3) is 0.261. The van der Waals surface area contributed by atoms with Gasteiger partial charge in [0.2, 0.25) is 0 Å². The fourth-order valence-corrected chi connectivity index (χ4v) is 6.06. The lowest BCUT2D eigenvalue weighted by molar-refractivity contribution is 0.406. The summed E-state index contributed by atoms with van der Waals surface area (Å²) in [6.07, 6.45) is 2.86. The summed E-state index contributed by atoms with van der Waals surface area (Å²) in [7, 11) is 6.14. The molecule has 0 aliphatic rings. The Hall–Kier alpha value is -2.21. The molecule has 1 aromatic carbocycles. The number of benzene rings is 1. The Morgan fingerprint density at radius 1 is 1.18 bits per heavy atom. The summed E-state index contributed by atoms with van der Waals surface area (Å²) in [5.41, 5.74) is 6.03. The van der Waals surface area contributed by atoms with Crippen molar-refractivity contribution in [2.75, 3.05) is 21.1 Å². The van der Waals surface area contributed by atoms with Crippen molar-refractivity contribution >= 4 is 48.7 Å². The summed E-state index contributed by atoms with van der Waals surface area (Å²) < 4.78 is 2.64. The number of fused-ring (bicyclic) bond motifs is 2. The van der Waals surface area contributed by atoms with E-state index >= 15 is 0 Å². The van der Waals surface area contributed by atoms with Crippen LogP contribution in [-0.2, 0) is 13.0 Å². The Balaban J connectivity index is 1.70. The summed E-state index contributed by atoms with van der Waals surface area (Å²) in [5.74, 6) is 0. The molecular formula is C23H25N3S2. The fourth-order valence-electron chi connectivity index (χ4n) is 3.66. The van der Waals surface area contributed by atoms with Gasteiger partial charge in [0.15, 0.2) is 0 Å². The second kappa shape index (κ2) is 7.66. The molecule has 0 radical (unpaired) electrons. The molecular weight excluding hydrogens is 382 g/mol. The number of aromatic nitrogens is 1. The Bertz CT molecular complexity index is 1170. The van der Waals surface area contributed by atoms with E-state index in [1.165, 1.54) is 41.2 Å². The zero-order valence-corrected chi connectivity index (χ0v) is 18.4. The Kier molecular flexibility index (Phi) is 5.23. The monoisotopic (exact) mass is 407 g/mol. The SMILES string of the molecule is C=C(NC)c1c(C)sc2cc(Cc3ccnc4cc(CN(C)C)sc34)ccc12. The normalized spacial score (nSPS) is 11.6. The first-order valence-electron chi connectivity index (χ1n) is 9.36. The maximum Gasteiger partial charge on any atom is 0.0815 e. The van der Waals surface area contributed by atoms with Crippen molar-refractivity contribution in [3.05, 3.63) is 69.6 Å². The van der Waals surface area contributed by atoms with Crippen LogP contribution >= 0.6 is 22.7 Å². The highest BCUT2D eigenvalue weighted by Gasteiger charge is 2.13. The van der Waals surface area contributed by atoms with Crippen LogP contribution in [0, 0.1) is 6.92 Å². The van der Waals surface area contributed by atoms with Crippen molar-refractivity contribution in [1.82, 2.24) is 15.2 Å². The van der Waals surface area contributed by atoms with E-state index in [2.05, 4.69) is 73.1 Å². The van der Waals surface area contributed by atoms with Gasteiger partial charge >= 0.3 is 0 Å². The largest absolute Gasteiger partial charge is 0.388 e. The molecule has 0 bridgehead atoms. The lowest BCUT2D eigenvalue weighted by Gasteiger charge is -2.07. The molecule has 0 atom stereocenters. The molecule has 0 fully saturated rings. The molecule has 5 heteroatoms. The molecule has 28 heavy (non-hydrogen) atoms. The van der Waals surface area contributed by atoms with Gasteiger partial charge in [0.05, 0.1) is 10.2 Å². The van der Waals surface area contributed by atoms with Gasteiger partial charge in [-0.1, -0.05) is 18.7 Å². The Morgan fingerprint density at radius 2 is 2.00 bits per heavy atom. The number of nitrogens with one attached hydrogen (secondary N) is 1. The third kappa shape index (κ3) is 3.58. The molecule has 0 spiro atoms. The number of hydrogen-bond donors (Lipinski definition) is 1. The van der Waals surface area contributed by atoms with Crippen molar-refractivity contribution in [2.24, 2.45) is 0 Å². The first-order valence-corrected chi connectivity index (χ1v) is 11.0. The van der Waals surface area contributed by atoms with Gasteiger partial charge in [-0.25, -0.2) is 0 Å². The summed E-state index contributed by atoms with van der Waals surface area (Å²) in [4.78, 5) is 9.46. The minimum absolute atomic E-state index is 0.927. The predicted octanol–water partition coefficient (Wildman–Crippen LogP) is 5.66. The van der Waals surface area contributed by atoms with Crippen LogP contribution < -0.4 is 5.32 Å². The second-order valence-electron chi connectivity index (χ2n) is 7.40. The van der Waals surface area contributed by atoms with Gasteiger partial charge in [-0.3, -0.25) is 4.98 Å². The van der Waals surface area contributed by atoms with E-state index in [1.54, 1.807) is 0 Å². The van der Waals surface area contributed by atoms with E-state index in [-0.39, 0.29) is 0 Å². The molecule has 0 aliphatic carbocycles. The maximum atomic E-state index is 4.58. The number of thiophene rings is 2. The summed E-state index contributed by atoms with van der Waals surface area (Å²) in [6.45, 7) is 7.29. The Morgan fingerprint density at radius 3 is 2.75 bits per heavy atom. The van der Waals surface area contributed by atoms with E-state index in [1.807, 2.05) is 35.9 Å². The molecule has 144 valence electrons.